The van der Waals surface area contributed by atoms with Crippen LogP contribution in [0.25, 0.3) is 11.1 Å². The SMILES string of the molecule is CN(CCN1CCC(OC(=O)Nc2ccccc2-c2ccccc2)CC1)C(=O)CCCCCN(C)c1ccccc1C(=O)N(C)CCCN(C)C(=O)CO[C@H]1Cc2ccccc2C12CCN(CC[C@]1(c3ccc(F)cc3)CN(C(=O)c3cc(C(F)(F)F)cc(C(F)(F)F)c3)CO1)CC2. The number of rotatable bonds is 26. The molecule has 0 radical (unpaired) electrons. The van der Waals surface area contributed by atoms with Crippen molar-refractivity contribution in [2.24, 2.45) is 0 Å². The Morgan fingerprint density at radius 3 is 1.99 bits per heavy atom. The number of carbonyl (C=O) groups is 5. The van der Waals surface area contributed by atoms with Crippen molar-refractivity contribution in [1.82, 2.24) is 29.4 Å². The van der Waals surface area contributed by atoms with Crippen LogP contribution in [0.5, 0.6) is 0 Å². The van der Waals surface area contributed by atoms with Crippen LogP contribution in [0, 0.1) is 5.82 Å². The molecule has 1 spiro atoms. The Bertz CT molecular complexity index is 3680. The van der Waals surface area contributed by atoms with Crippen molar-refractivity contribution in [1.29, 1.82) is 0 Å². The summed E-state index contributed by atoms with van der Waals surface area (Å²) in [6, 6.07) is 39.5. The average molecular weight is 1360 g/mol. The molecule has 524 valence electrons. The van der Waals surface area contributed by atoms with Gasteiger partial charge in [-0.25, -0.2) is 9.18 Å². The van der Waals surface area contributed by atoms with E-state index < -0.39 is 64.6 Å². The molecule has 3 heterocycles. The molecule has 0 aromatic heterocycles. The lowest BCUT2D eigenvalue weighted by molar-refractivity contribution is -0.143. The molecule has 23 heteroatoms. The average Bonchev–Trinajstić information content (AvgIpc) is 1.59. The number of ether oxygens (including phenoxy) is 3. The summed E-state index contributed by atoms with van der Waals surface area (Å²) in [7, 11) is 7.29. The number of alkyl halides is 6. The number of fused-ring (bicyclic) bond motifs is 2. The molecule has 10 rings (SSSR count). The van der Waals surface area contributed by atoms with E-state index >= 15 is 0 Å². The summed E-state index contributed by atoms with van der Waals surface area (Å²) in [5.74, 6) is -1.84. The summed E-state index contributed by atoms with van der Waals surface area (Å²) in [5.41, 5.74) is 1.10. The maximum Gasteiger partial charge on any atom is 0.416 e. The van der Waals surface area contributed by atoms with Gasteiger partial charge < -0.3 is 48.5 Å². The molecule has 1 aliphatic carbocycles. The van der Waals surface area contributed by atoms with E-state index in [2.05, 4.69) is 32.1 Å². The Labute approximate surface area is 568 Å². The fourth-order valence-electron chi connectivity index (χ4n) is 14.1. The van der Waals surface area contributed by atoms with E-state index in [9.17, 15) is 54.7 Å². The maximum absolute atomic E-state index is 14.3. The largest absolute Gasteiger partial charge is 0.446 e. The minimum absolute atomic E-state index is 0.0280. The number of carbonyl (C=O) groups excluding carboxylic acids is 5. The predicted octanol–water partition coefficient (Wildman–Crippen LogP) is 13.0. The second kappa shape index (κ2) is 32.1. The molecule has 5 amide bonds. The summed E-state index contributed by atoms with van der Waals surface area (Å²) >= 11 is 0. The van der Waals surface area contributed by atoms with E-state index in [1.54, 1.807) is 28.8 Å². The number of nitrogens with zero attached hydrogens (tertiary/aromatic N) is 7. The van der Waals surface area contributed by atoms with Gasteiger partial charge in [0.05, 0.1) is 35.0 Å². The number of hydrogen-bond acceptors (Lipinski definition) is 11. The molecule has 98 heavy (non-hydrogen) atoms. The number of halogens is 7. The summed E-state index contributed by atoms with van der Waals surface area (Å²) in [4.78, 5) is 80.4. The number of likely N-dealkylation sites (N-methyl/N-ethyl adjacent to an activating group) is 2. The molecule has 2 atom stereocenters. The Kier molecular flexibility index (Phi) is 23.7. The van der Waals surface area contributed by atoms with Gasteiger partial charge in [-0.2, -0.15) is 26.3 Å². The molecule has 0 unspecified atom stereocenters. The quantitative estimate of drug-likeness (QED) is 0.0409. The van der Waals surface area contributed by atoms with Crippen LogP contribution >= 0.6 is 0 Å². The van der Waals surface area contributed by atoms with Crippen molar-refractivity contribution in [2.75, 3.05) is 124 Å². The van der Waals surface area contributed by atoms with Crippen LogP contribution in [0.15, 0.2) is 146 Å². The van der Waals surface area contributed by atoms with Gasteiger partial charge in [-0.3, -0.25) is 24.5 Å². The van der Waals surface area contributed by atoms with Crippen LogP contribution in [0.3, 0.4) is 0 Å². The van der Waals surface area contributed by atoms with Gasteiger partial charge in [-0.05, 0) is 142 Å². The minimum Gasteiger partial charge on any atom is -0.446 e. The van der Waals surface area contributed by atoms with Gasteiger partial charge in [0.1, 0.15) is 30.9 Å². The molecular formula is C75H87F7N8O8. The highest BCUT2D eigenvalue weighted by Gasteiger charge is 2.50. The van der Waals surface area contributed by atoms with Crippen LogP contribution in [-0.4, -0.2) is 185 Å². The first-order chi connectivity index (χ1) is 46.9. The number of benzene rings is 6. The molecule has 0 saturated carbocycles. The van der Waals surface area contributed by atoms with Crippen LogP contribution in [-0.2, 0) is 53.6 Å². The summed E-state index contributed by atoms with van der Waals surface area (Å²) in [5, 5.41) is 2.93. The molecule has 3 saturated heterocycles. The van der Waals surface area contributed by atoms with E-state index in [4.69, 9.17) is 14.2 Å². The lowest BCUT2D eigenvalue weighted by Crippen LogP contribution is -2.50. The molecule has 4 aliphatic rings. The topological polar surface area (TPSA) is 148 Å². The number of para-hydroxylation sites is 2. The van der Waals surface area contributed by atoms with Gasteiger partial charge in [0, 0.05) is 109 Å². The smallest absolute Gasteiger partial charge is 0.416 e. The Hall–Kier alpha value is -8.38. The van der Waals surface area contributed by atoms with E-state index in [-0.39, 0.29) is 55.6 Å². The molecule has 0 bridgehead atoms. The van der Waals surface area contributed by atoms with Gasteiger partial charge in [0.25, 0.3) is 11.8 Å². The fourth-order valence-corrected chi connectivity index (χ4v) is 14.1. The zero-order chi connectivity index (χ0) is 69.8. The number of anilines is 2. The van der Waals surface area contributed by atoms with E-state index in [1.165, 1.54) is 24.3 Å². The highest BCUT2D eigenvalue weighted by molar-refractivity contribution is 6.00. The van der Waals surface area contributed by atoms with Gasteiger partial charge in [-0.15, -0.1) is 0 Å². The number of hydrogen-bond donors (Lipinski definition) is 1. The van der Waals surface area contributed by atoms with E-state index in [0.29, 0.717) is 120 Å². The highest BCUT2D eigenvalue weighted by Crippen LogP contribution is 2.49. The van der Waals surface area contributed by atoms with Crippen LogP contribution in [0.4, 0.5) is 46.9 Å². The van der Waals surface area contributed by atoms with E-state index in [0.717, 1.165) is 71.7 Å². The van der Waals surface area contributed by atoms with Crippen molar-refractivity contribution in [3.05, 3.63) is 190 Å². The van der Waals surface area contributed by atoms with E-state index in [1.807, 2.05) is 105 Å². The van der Waals surface area contributed by atoms with Crippen molar-refractivity contribution >= 4 is 41.1 Å². The van der Waals surface area contributed by atoms with Gasteiger partial charge in [0.15, 0.2) is 0 Å². The fraction of sp³-hybridized carbons (Fsp3) is 0.453. The third-order valence-electron chi connectivity index (χ3n) is 19.9. The van der Waals surface area contributed by atoms with Crippen molar-refractivity contribution in [3.8, 4) is 11.1 Å². The minimum atomic E-state index is -5.15. The van der Waals surface area contributed by atoms with Gasteiger partial charge in [0.2, 0.25) is 11.8 Å². The summed E-state index contributed by atoms with van der Waals surface area (Å²) in [6.45, 7) is 5.19. The molecule has 6 aromatic carbocycles. The second-order valence-corrected chi connectivity index (χ2v) is 26.4. The van der Waals surface area contributed by atoms with Crippen molar-refractivity contribution in [3.63, 3.8) is 0 Å². The number of piperidine rings is 2. The zero-order valence-electron chi connectivity index (χ0n) is 56.0. The normalized spacial score (nSPS) is 18.1. The van der Waals surface area contributed by atoms with Gasteiger partial charge >= 0.3 is 18.4 Å². The Morgan fingerprint density at radius 1 is 0.643 bits per heavy atom. The summed E-state index contributed by atoms with van der Waals surface area (Å²) < 4.78 is 116. The first-order valence-corrected chi connectivity index (χ1v) is 33.7. The first kappa shape index (κ1) is 72.4. The lowest BCUT2D eigenvalue weighted by atomic mass is 9.72. The number of nitrogens with one attached hydrogen (secondary N) is 1. The maximum atomic E-state index is 14.3. The number of amides is 5. The summed E-state index contributed by atoms with van der Waals surface area (Å²) in [6.07, 6.45) is -4.25. The standard InChI is InChI=1S/C75H87F7N8O8/c1-84(36-16-6-9-26-67(91)86(3)44-45-88-39-31-60(32-40-88)98-71(95)83-64-24-14-11-21-61(64)53-18-7-5-8-19-53)65-25-15-12-22-62(65)70(94)87(4)38-17-37-85(2)68(92)50-96-66-48-54-20-10-13-23-63(54)72(66)33-41-89(42-34-72)43-35-73(56-27-29-59(76)30-28-56)51-90(52-97-73)69(93)55-46-57(74(77,78)79)49-58(47-55)75(80,81)82/h5,7-8,10-15,18-25,27-30,46-47,49,60,66H,6,9,16-17,26,31-45,48,50-52H2,1-4H3,(H,83,95)/t66-,73+/m0/s1. The number of likely N-dealkylation sites (tertiary alicyclic amines) is 2. The molecule has 3 aliphatic heterocycles. The molecule has 6 aromatic rings. The van der Waals surface area contributed by atoms with Crippen LogP contribution in [0.2, 0.25) is 0 Å². The molecular weight excluding hydrogens is 1270 g/mol. The van der Waals surface area contributed by atoms with Crippen molar-refractivity contribution in [2.45, 2.75) is 106 Å². The highest BCUT2D eigenvalue weighted by atomic mass is 19.4. The lowest BCUT2D eigenvalue weighted by Gasteiger charge is -2.44. The molecule has 1 N–H and O–H groups in total. The number of unbranched alkanes of at least 4 members (excludes halogenated alkanes) is 2. The van der Waals surface area contributed by atoms with Crippen LogP contribution in [0.1, 0.15) is 113 Å². The monoisotopic (exact) mass is 1360 g/mol. The second-order valence-electron chi connectivity index (χ2n) is 26.4. The van der Waals surface area contributed by atoms with Gasteiger partial charge in [-0.1, -0.05) is 103 Å². The third kappa shape index (κ3) is 17.9. The first-order valence-electron chi connectivity index (χ1n) is 33.7. The zero-order valence-corrected chi connectivity index (χ0v) is 56.0. The van der Waals surface area contributed by atoms with Crippen LogP contribution < -0.4 is 10.2 Å². The third-order valence-corrected chi connectivity index (χ3v) is 19.9. The Morgan fingerprint density at radius 2 is 1.28 bits per heavy atom. The predicted molar refractivity (Wildman–Crippen MR) is 360 cm³/mol. The van der Waals surface area contributed by atoms with Crippen molar-refractivity contribution < 1.29 is 68.9 Å². The Balaban J connectivity index is 0.630. The molecule has 16 nitrogen and oxygen atoms in total. The molecule has 3 fully saturated rings.